The lowest BCUT2D eigenvalue weighted by molar-refractivity contribution is 0.112. The summed E-state index contributed by atoms with van der Waals surface area (Å²) < 4.78 is 14.3. The summed E-state index contributed by atoms with van der Waals surface area (Å²) in [5, 5.41) is 2.76. The minimum Gasteiger partial charge on any atom is -0.298 e. The molecule has 0 aliphatic rings. The number of fused-ring (bicyclic) bond motifs is 3. The normalized spacial score (nSPS) is 11.1. The molecule has 0 bridgehead atoms. The standard InChI is InChI=1S/C13H8FNOS/c14-17-15-7-10(8-16)12-6-5-9-3-1-2-4-11(9)13(12)15/h1-8H. The molecule has 0 saturated heterocycles. The minimum atomic E-state index is 0.107. The van der Waals surface area contributed by atoms with E-state index in [1.54, 1.807) is 0 Å². The molecule has 3 rings (SSSR count). The molecule has 0 aliphatic carbocycles. The highest BCUT2D eigenvalue weighted by atomic mass is 32.2. The average Bonchev–Trinajstić information content (AvgIpc) is 2.77. The van der Waals surface area contributed by atoms with Gasteiger partial charge in [0, 0.05) is 22.5 Å². The summed E-state index contributed by atoms with van der Waals surface area (Å²) >= 11 is 0.107. The lowest BCUT2D eigenvalue weighted by atomic mass is 10.1. The second-order valence-electron chi connectivity index (χ2n) is 3.78. The Morgan fingerprint density at radius 2 is 1.94 bits per heavy atom. The van der Waals surface area contributed by atoms with Gasteiger partial charge < -0.3 is 0 Å². The van der Waals surface area contributed by atoms with Gasteiger partial charge in [-0.25, -0.2) is 0 Å². The van der Waals surface area contributed by atoms with E-state index in [2.05, 4.69) is 0 Å². The zero-order valence-corrected chi connectivity index (χ0v) is 9.58. The van der Waals surface area contributed by atoms with Crippen molar-refractivity contribution >= 4 is 40.3 Å². The van der Waals surface area contributed by atoms with Crippen molar-refractivity contribution < 1.29 is 8.68 Å². The highest BCUT2D eigenvalue weighted by Crippen LogP contribution is 2.31. The van der Waals surface area contributed by atoms with Crippen LogP contribution in [0.25, 0.3) is 21.7 Å². The Balaban J connectivity index is 2.56. The molecular formula is C13H8FNOS. The average molecular weight is 245 g/mol. The Kier molecular flexibility index (Phi) is 2.37. The summed E-state index contributed by atoms with van der Waals surface area (Å²) in [7, 11) is 0. The van der Waals surface area contributed by atoms with Crippen molar-refractivity contribution in [2.75, 3.05) is 0 Å². The van der Waals surface area contributed by atoms with E-state index < -0.39 is 0 Å². The third kappa shape index (κ3) is 1.45. The molecule has 17 heavy (non-hydrogen) atoms. The molecule has 3 aromatic rings. The first-order valence-corrected chi connectivity index (χ1v) is 5.79. The van der Waals surface area contributed by atoms with Crippen molar-refractivity contribution in [3.63, 3.8) is 0 Å². The van der Waals surface area contributed by atoms with Crippen molar-refractivity contribution in [1.29, 1.82) is 0 Å². The van der Waals surface area contributed by atoms with Crippen LogP contribution in [0, 0.1) is 0 Å². The van der Waals surface area contributed by atoms with Crippen LogP contribution < -0.4 is 0 Å². The number of carbonyl (C=O) groups is 1. The van der Waals surface area contributed by atoms with Gasteiger partial charge >= 0.3 is 0 Å². The molecule has 1 heterocycles. The molecule has 0 aliphatic heterocycles. The summed E-state index contributed by atoms with van der Waals surface area (Å²) in [6.45, 7) is 0. The monoisotopic (exact) mass is 245 g/mol. The van der Waals surface area contributed by atoms with Crippen LogP contribution in [0.1, 0.15) is 10.4 Å². The van der Waals surface area contributed by atoms with Crippen LogP contribution in [-0.2, 0) is 0 Å². The first-order chi connectivity index (χ1) is 8.35. The Hall–Kier alpha value is -1.81. The van der Waals surface area contributed by atoms with Crippen LogP contribution in [0.15, 0.2) is 42.6 Å². The second kappa shape index (κ2) is 3.89. The zero-order valence-electron chi connectivity index (χ0n) is 8.76. The number of aldehydes is 1. The van der Waals surface area contributed by atoms with E-state index in [0.717, 1.165) is 28.0 Å². The summed E-state index contributed by atoms with van der Waals surface area (Å²) in [5.74, 6) is 0. The Labute approximate surface area is 101 Å². The number of benzene rings is 2. The van der Waals surface area contributed by atoms with Crippen LogP contribution in [-0.4, -0.2) is 10.3 Å². The van der Waals surface area contributed by atoms with Gasteiger partial charge in [-0.2, -0.15) is 0 Å². The summed E-state index contributed by atoms with van der Waals surface area (Å²) in [6.07, 6.45) is 2.28. The van der Waals surface area contributed by atoms with Gasteiger partial charge in [0.2, 0.25) is 0 Å². The van der Waals surface area contributed by atoms with E-state index in [1.165, 1.54) is 10.2 Å². The van der Waals surface area contributed by atoms with Gasteiger partial charge in [-0.1, -0.05) is 36.4 Å². The van der Waals surface area contributed by atoms with E-state index in [0.29, 0.717) is 5.56 Å². The zero-order chi connectivity index (χ0) is 11.8. The number of aromatic nitrogens is 1. The third-order valence-electron chi connectivity index (χ3n) is 2.89. The molecule has 84 valence electrons. The number of nitrogens with zero attached hydrogens (tertiary/aromatic N) is 1. The first kappa shape index (κ1) is 10.4. The van der Waals surface area contributed by atoms with Crippen LogP contribution in [0.4, 0.5) is 3.89 Å². The number of rotatable bonds is 2. The fraction of sp³-hybridized carbons (Fsp3) is 0. The maximum absolute atomic E-state index is 12.9. The van der Waals surface area contributed by atoms with Crippen molar-refractivity contribution in [3.05, 3.63) is 48.2 Å². The van der Waals surface area contributed by atoms with Gasteiger partial charge in [-0.05, 0) is 5.39 Å². The lowest BCUT2D eigenvalue weighted by Crippen LogP contribution is -1.81. The first-order valence-electron chi connectivity index (χ1n) is 5.12. The van der Waals surface area contributed by atoms with E-state index in [-0.39, 0.29) is 12.3 Å². The van der Waals surface area contributed by atoms with E-state index >= 15 is 0 Å². The minimum absolute atomic E-state index is 0.107. The van der Waals surface area contributed by atoms with Crippen molar-refractivity contribution in [1.82, 2.24) is 3.97 Å². The molecule has 0 unspecified atom stereocenters. The lowest BCUT2D eigenvalue weighted by Gasteiger charge is -2.02. The van der Waals surface area contributed by atoms with Gasteiger partial charge in [-0.3, -0.25) is 8.77 Å². The number of hydrogen-bond donors (Lipinski definition) is 0. The quantitative estimate of drug-likeness (QED) is 0.637. The molecule has 0 atom stereocenters. The molecule has 1 aromatic heterocycles. The van der Waals surface area contributed by atoms with Gasteiger partial charge in [0.15, 0.2) is 18.6 Å². The highest BCUT2D eigenvalue weighted by Gasteiger charge is 2.11. The molecule has 2 aromatic carbocycles. The van der Waals surface area contributed by atoms with Gasteiger partial charge in [-0.15, -0.1) is 3.89 Å². The van der Waals surface area contributed by atoms with E-state index in [9.17, 15) is 8.68 Å². The van der Waals surface area contributed by atoms with Crippen molar-refractivity contribution in [2.24, 2.45) is 0 Å². The van der Waals surface area contributed by atoms with Crippen LogP contribution in [0.2, 0.25) is 0 Å². The maximum atomic E-state index is 12.9. The maximum Gasteiger partial charge on any atom is 0.169 e. The third-order valence-corrected chi connectivity index (χ3v) is 3.33. The largest absolute Gasteiger partial charge is 0.298 e. The molecule has 0 saturated carbocycles. The predicted octanol–water partition coefficient (Wildman–Crippen LogP) is 3.99. The molecule has 0 N–H and O–H groups in total. The molecule has 0 radical (unpaired) electrons. The second-order valence-corrected chi connectivity index (χ2v) is 4.31. The highest BCUT2D eigenvalue weighted by molar-refractivity contribution is 7.92. The molecule has 0 fully saturated rings. The fourth-order valence-corrected chi connectivity index (χ4v) is 2.55. The number of halogens is 1. The van der Waals surface area contributed by atoms with Gasteiger partial charge in [0.05, 0.1) is 5.52 Å². The van der Waals surface area contributed by atoms with Crippen LogP contribution in [0.5, 0.6) is 0 Å². The molecule has 2 nitrogen and oxygen atoms in total. The number of carbonyl (C=O) groups excluding carboxylic acids is 1. The number of hydrogen-bond acceptors (Lipinski definition) is 2. The van der Waals surface area contributed by atoms with E-state index in [1.807, 2.05) is 36.4 Å². The molecule has 4 heteroatoms. The van der Waals surface area contributed by atoms with Gasteiger partial charge in [0.25, 0.3) is 0 Å². The van der Waals surface area contributed by atoms with Crippen LogP contribution >= 0.6 is 12.3 Å². The Bertz CT molecular complexity index is 720. The Morgan fingerprint density at radius 1 is 1.12 bits per heavy atom. The molecule has 0 spiro atoms. The summed E-state index contributed by atoms with van der Waals surface area (Å²) in [5.41, 5.74) is 1.26. The topological polar surface area (TPSA) is 22.0 Å². The van der Waals surface area contributed by atoms with Gasteiger partial charge in [0.1, 0.15) is 0 Å². The van der Waals surface area contributed by atoms with Crippen molar-refractivity contribution in [2.45, 2.75) is 0 Å². The van der Waals surface area contributed by atoms with Crippen LogP contribution in [0.3, 0.4) is 0 Å². The van der Waals surface area contributed by atoms with Crippen molar-refractivity contribution in [3.8, 4) is 0 Å². The predicted molar refractivity (Wildman–Crippen MR) is 68.9 cm³/mol. The Morgan fingerprint density at radius 3 is 2.71 bits per heavy atom. The smallest absolute Gasteiger partial charge is 0.169 e. The van der Waals surface area contributed by atoms with E-state index in [4.69, 9.17) is 0 Å². The fourth-order valence-electron chi connectivity index (χ4n) is 2.13. The molecular weight excluding hydrogens is 237 g/mol. The SMILES string of the molecule is O=Cc1cn(SF)c2c1ccc1ccccc12. The summed E-state index contributed by atoms with van der Waals surface area (Å²) in [4.78, 5) is 10.9. The molecule has 0 amide bonds. The summed E-state index contributed by atoms with van der Waals surface area (Å²) in [6, 6.07) is 11.5.